The number of carbonyl (C=O) groups excluding carboxylic acids is 1. The van der Waals surface area contributed by atoms with Crippen LogP contribution in [0.4, 0.5) is 13.2 Å². The van der Waals surface area contributed by atoms with Crippen molar-refractivity contribution in [2.45, 2.75) is 25.9 Å². The minimum Gasteiger partial charge on any atom is -0.492 e. The average Bonchev–Trinajstić information content (AvgIpc) is 2.60. The molecule has 1 aliphatic rings. The van der Waals surface area contributed by atoms with E-state index < -0.39 is 11.9 Å². The number of hydrogen-bond donors (Lipinski definition) is 1. The third-order valence-electron chi connectivity index (χ3n) is 4.09. The highest BCUT2D eigenvalue weighted by Crippen LogP contribution is 2.28. The first kappa shape index (κ1) is 18.2. The molecule has 2 aromatic rings. The van der Waals surface area contributed by atoms with Crippen molar-refractivity contribution in [2.24, 2.45) is 5.92 Å². The molecule has 5 nitrogen and oxygen atoms in total. The van der Waals surface area contributed by atoms with Gasteiger partial charge in [-0.2, -0.15) is 13.2 Å². The SMILES string of the molecule is Cc1cc(C(F)(F)F)nc(CCNC(=O)C2COc3ccccc3C2)n1. The molecule has 26 heavy (non-hydrogen) atoms. The summed E-state index contributed by atoms with van der Waals surface area (Å²) >= 11 is 0. The van der Waals surface area contributed by atoms with Gasteiger partial charge in [-0.25, -0.2) is 9.97 Å². The molecule has 0 saturated heterocycles. The lowest BCUT2D eigenvalue weighted by Gasteiger charge is -2.24. The second kappa shape index (κ2) is 7.31. The largest absolute Gasteiger partial charge is 0.492 e. The van der Waals surface area contributed by atoms with Crippen LogP contribution in [0, 0.1) is 12.8 Å². The van der Waals surface area contributed by atoms with Gasteiger partial charge in [-0.05, 0) is 31.0 Å². The highest BCUT2D eigenvalue weighted by atomic mass is 19.4. The summed E-state index contributed by atoms with van der Waals surface area (Å²) in [5, 5.41) is 2.73. The number of aromatic nitrogens is 2. The Morgan fingerprint density at radius 2 is 2.08 bits per heavy atom. The normalized spacial score (nSPS) is 16.5. The van der Waals surface area contributed by atoms with Crippen LogP contribution in [0.15, 0.2) is 30.3 Å². The maximum Gasteiger partial charge on any atom is 0.433 e. The van der Waals surface area contributed by atoms with Crippen LogP contribution >= 0.6 is 0 Å². The number of rotatable bonds is 4. The summed E-state index contributed by atoms with van der Waals surface area (Å²) in [5.41, 5.74) is 0.241. The van der Waals surface area contributed by atoms with Gasteiger partial charge in [-0.15, -0.1) is 0 Å². The van der Waals surface area contributed by atoms with Crippen LogP contribution in [-0.4, -0.2) is 29.0 Å². The smallest absolute Gasteiger partial charge is 0.433 e. The molecule has 1 unspecified atom stereocenters. The van der Waals surface area contributed by atoms with Gasteiger partial charge in [0, 0.05) is 18.7 Å². The third kappa shape index (κ3) is 4.30. The van der Waals surface area contributed by atoms with Gasteiger partial charge in [-0.1, -0.05) is 18.2 Å². The number of aryl methyl sites for hydroxylation is 1. The van der Waals surface area contributed by atoms with Crippen LogP contribution in [0.25, 0.3) is 0 Å². The zero-order valence-electron chi connectivity index (χ0n) is 14.1. The van der Waals surface area contributed by atoms with Crippen molar-refractivity contribution in [3.63, 3.8) is 0 Å². The minimum absolute atomic E-state index is 0.0582. The Hall–Kier alpha value is -2.64. The van der Waals surface area contributed by atoms with E-state index in [4.69, 9.17) is 4.74 Å². The highest BCUT2D eigenvalue weighted by molar-refractivity contribution is 5.79. The topological polar surface area (TPSA) is 64.1 Å². The molecule has 8 heteroatoms. The molecule has 0 saturated carbocycles. The fraction of sp³-hybridized carbons (Fsp3) is 0.389. The summed E-state index contributed by atoms with van der Waals surface area (Å²) in [6.45, 7) is 1.93. The highest BCUT2D eigenvalue weighted by Gasteiger charge is 2.33. The maximum atomic E-state index is 12.8. The lowest BCUT2D eigenvalue weighted by atomic mass is 9.96. The first-order valence-electron chi connectivity index (χ1n) is 8.23. The number of fused-ring (bicyclic) bond motifs is 1. The lowest BCUT2D eigenvalue weighted by Crippen LogP contribution is -2.38. The first-order chi connectivity index (χ1) is 12.3. The number of benzene rings is 1. The Kier molecular flexibility index (Phi) is 5.11. The Morgan fingerprint density at radius 1 is 1.31 bits per heavy atom. The summed E-state index contributed by atoms with van der Waals surface area (Å²) in [7, 11) is 0. The molecule has 1 aromatic carbocycles. The molecule has 2 heterocycles. The molecule has 0 radical (unpaired) electrons. The van der Waals surface area contributed by atoms with E-state index in [0.717, 1.165) is 17.4 Å². The molecule has 1 aromatic heterocycles. The Labute approximate surface area is 148 Å². The number of alkyl halides is 3. The van der Waals surface area contributed by atoms with E-state index in [1.54, 1.807) is 0 Å². The number of ether oxygens (including phenoxy) is 1. The summed E-state index contributed by atoms with van der Waals surface area (Å²) in [6, 6.07) is 8.43. The average molecular weight is 365 g/mol. The minimum atomic E-state index is -4.52. The van der Waals surface area contributed by atoms with Crippen molar-refractivity contribution in [2.75, 3.05) is 13.2 Å². The van der Waals surface area contributed by atoms with E-state index >= 15 is 0 Å². The van der Waals surface area contributed by atoms with E-state index in [-0.39, 0.29) is 42.9 Å². The predicted molar refractivity (Wildman–Crippen MR) is 87.6 cm³/mol. The predicted octanol–water partition coefficient (Wildman–Crippen LogP) is 2.71. The number of para-hydroxylation sites is 1. The number of nitrogens with one attached hydrogen (secondary N) is 1. The Morgan fingerprint density at radius 3 is 2.85 bits per heavy atom. The molecule has 0 bridgehead atoms. The molecule has 1 aliphatic heterocycles. The third-order valence-corrected chi connectivity index (χ3v) is 4.09. The van der Waals surface area contributed by atoms with Gasteiger partial charge >= 0.3 is 6.18 Å². The fourth-order valence-electron chi connectivity index (χ4n) is 2.83. The zero-order valence-corrected chi connectivity index (χ0v) is 14.1. The molecule has 1 amide bonds. The number of amides is 1. The molecule has 1 atom stereocenters. The van der Waals surface area contributed by atoms with Crippen LogP contribution in [-0.2, 0) is 23.8 Å². The van der Waals surface area contributed by atoms with Crippen LogP contribution in [0.3, 0.4) is 0 Å². The standard InChI is InChI=1S/C18H18F3N3O2/c1-11-8-15(18(19,20)21)24-16(23-11)6-7-22-17(25)13-9-12-4-2-3-5-14(12)26-10-13/h2-5,8,13H,6-7,9-10H2,1H3,(H,22,25). The molecular weight excluding hydrogens is 347 g/mol. The quantitative estimate of drug-likeness (QED) is 0.905. The van der Waals surface area contributed by atoms with Crippen molar-refractivity contribution < 1.29 is 22.7 Å². The second-order valence-electron chi connectivity index (χ2n) is 6.17. The van der Waals surface area contributed by atoms with Crippen molar-refractivity contribution in [3.8, 4) is 5.75 Å². The number of nitrogens with zero attached hydrogens (tertiary/aromatic N) is 2. The molecule has 138 valence electrons. The van der Waals surface area contributed by atoms with Gasteiger partial charge in [0.1, 0.15) is 23.9 Å². The summed E-state index contributed by atoms with van der Waals surface area (Å²) in [5.74, 6) is 0.324. The molecule has 0 fully saturated rings. The van der Waals surface area contributed by atoms with Gasteiger partial charge in [0.2, 0.25) is 5.91 Å². The number of halogens is 3. The van der Waals surface area contributed by atoms with Gasteiger partial charge in [0.25, 0.3) is 0 Å². The molecule has 3 rings (SSSR count). The van der Waals surface area contributed by atoms with Crippen LogP contribution in [0.5, 0.6) is 5.75 Å². The van der Waals surface area contributed by atoms with Crippen molar-refractivity contribution in [3.05, 3.63) is 53.1 Å². The van der Waals surface area contributed by atoms with E-state index in [2.05, 4.69) is 15.3 Å². The van der Waals surface area contributed by atoms with Crippen molar-refractivity contribution in [1.82, 2.24) is 15.3 Å². The molecule has 0 spiro atoms. The summed E-state index contributed by atoms with van der Waals surface area (Å²) in [6.07, 6.45) is -3.82. The van der Waals surface area contributed by atoms with E-state index in [1.807, 2.05) is 24.3 Å². The molecule has 0 aliphatic carbocycles. The Bertz CT molecular complexity index is 809. The van der Waals surface area contributed by atoms with Crippen LogP contribution < -0.4 is 10.1 Å². The van der Waals surface area contributed by atoms with Crippen molar-refractivity contribution >= 4 is 5.91 Å². The van der Waals surface area contributed by atoms with Crippen LogP contribution in [0.1, 0.15) is 22.8 Å². The van der Waals surface area contributed by atoms with Gasteiger partial charge in [0.05, 0.1) is 5.92 Å². The van der Waals surface area contributed by atoms with Gasteiger partial charge in [0.15, 0.2) is 0 Å². The fourth-order valence-corrected chi connectivity index (χ4v) is 2.83. The maximum absolute atomic E-state index is 12.8. The van der Waals surface area contributed by atoms with E-state index in [9.17, 15) is 18.0 Å². The lowest BCUT2D eigenvalue weighted by molar-refractivity contribution is -0.141. The summed E-state index contributed by atoms with van der Waals surface area (Å²) in [4.78, 5) is 19.8. The van der Waals surface area contributed by atoms with E-state index in [1.165, 1.54) is 6.92 Å². The van der Waals surface area contributed by atoms with Gasteiger partial charge in [-0.3, -0.25) is 4.79 Å². The zero-order chi connectivity index (χ0) is 18.7. The van der Waals surface area contributed by atoms with Crippen molar-refractivity contribution in [1.29, 1.82) is 0 Å². The number of carbonyl (C=O) groups is 1. The van der Waals surface area contributed by atoms with E-state index in [0.29, 0.717) is 6.42 Å². The monoisotopic (exact) mass is 365 g/mol. The molecule has 1 N–H and O–H groups in total. The molecular formula is C18H18F3N3O2. The first-order valence-corrected chi connectivity index (χ1v) is 8.23. The summed E-state index contributed by atoms with van der Waals surface area (Å²) < 4.78 is 43.9. The Balaban J connectivity index is 1.56. The van der Waals surface area contributed by atoms with Gasteiger partial charge < -0.3 is 10.1 Å². The van der Waals surface area contributed by atoms with Crippen LogP contribution in [0.2, 0.25) is 0 Å². The number of hydrogen-bond acceptors (Lipinski definition) is 4. The second-order valence-corrected chi connectivity index (χ2v) is 6.17.